The Bertz CT molecular complexity index is 1020. The van der Waals surface area contributed by atoms with Crippen LogP contribution in [0.5, 0.6) is 0 Å². The van der Waals surface area contributed by atoms with Crippen molar-refractivity contribution in [3.05, 3.63) is 49.4 Å². The van der Waals surface area contributed by atoms with Gasteiger partial charge in [-0.1, -0.05) is 28.1 Å². The summed E-state index contributed by atoms with van der Waals surface area (Å²) in [5, 5.41) is 13.2. The molecule has 2 rings (SSSR count). The molecule has 0 aliphatic carbocycles. The fraction of sp³-hybridized carbons (Fsp3) is 0.278. The van der Waals surface area contributed by atoms with Crippen LogP contribution in [0.1, 0.15) is 19.4 Å². The summed E-state index contributed by atoms with van der Waals surface area (Å²) in [5.74, 6) is -0.719. The molecule has 1 aromatic heterocycles. The largest absolute Gasteiger partial charge is 0.462 e. The standard InChI is InChI=1S/C18H18BrN3O3S/c1-3-22-16(23)15(11-21-13-7-5-6-12(8-13)9-19)26-17(22)14(10-20)18(24)25-4-2/h5-8,11,21H,3-4,9H2,1-2H3. The maximum absolute atomic E-state index is 12.6. The fourth-order valence-corrected chi connectivity index (χ4v) is 3.70. The van der Waals surface area contributed by atoms with Gasteiger partial charge < -0.3 is 10.1 Å². The topological polar surface area (TPSA) is 84.1 Å². The number of halogens is 1. The lowest BCUT2D eigenvalue weighted by Crippen LogP contribution is -2.32. The van der Waals surface area contributed by atoms with E-state index < -0.39 is 5.97 Å². The van der Waals surface area contributed by atoms with Gasteiger partial charge in [-0.25, -0.2) is 4.79 Å². The summed E-state index contributed by atoms with van der Waals surface area (Å²) in [5.41, 5.74) is 1.53. The molecule has 1 N–H and O–H groups in total. The van der Waals surface area contributed by atoms with Crippen LogP contribution in [0.2, 0.25) is 0 Å². The zero-order chi connectivity index (χ0) is 19.1. The molecule has 26 heavy (non-hydrogen) atoms. The first-order valence-corrected chi connectivity index (χ1v) is 9.92. The minimum atomic E-state index is -0.719. The predicted octanol–water partition coefficient (Wildman–Crippen LogP) is 1.91. The minimum Gasteiger partial charge on any atom is -0.462 e. The lowest BCUT2D eigenvalue weighted by atomic mass is 10.2. The van der Waals surface area contributed by atoms with Crippen LogP contribution in [0.15, 0.2) is 29.1 Å². The van der Waals surface area contributed by atoms with Crippen LogP contribution in [0, 0.1) is 11.3 Å². The molecule has 0 spiro atoms. The van der Waals surface area contributed by atoms with Crippen molar-refractivity contribution < 1.29 is 9.53 Å². The van der Waals surface area contributed by atoms with Gasteiger partial charge in [-0.05, 0) is 31.5 Å². The maximum atomic E-state index is 12.6. The van der Waals surface area contributed by atoms with Crippen molar-refractivity contribution in [3.8, 4) is 6.07 Å². The predicted molar refractivity (Wildman–Crippen MR) is 106 cm³/mol. The fourth-order valence-electron chi connectivity index (χ4n) is 2.27. The van der Waals surface area contributed by atoms with Crippen LogP contribution in [-0.2, 0) is 21.4 Å². The Hall–Kier alpha value is -2.37. The molecule has 0 aliphatic heterocycles. The van der Waals surface area contributed by atoms with Gasteiger partial charge in [0, 0.05) is 23.8 Å². The molecule has 2 aromatic rings. The van der Waals surface area contributed by atoms with Gasteiger partial charge in [0.05, 0.1) is 6.61 Å². The van der Waals surface area contributed by atoms with Crippen molar-refractivity contribution >= 4 is 50.7 Å². The number of thiazole rings is 1. The molecule has 6 nitrogen and oxygen atoms in total. The molecular formula is C18H18BrN3O3S. The number of rotatable bonds is 6. The van der Waals surface area contributed by atoms with Gasteiger partial charge in [0.1, 0.15) is 15.3 Å². The van der Waals surface area contributed by atoms with Gasteiger partial charge in [0.15, 0.2) is 5.57 Å². The van der Waals surface area contributed by atoms with Crippen molar-refractivity contribution in [2.75, 3.05) is 11.9 Å². The number of aromatic nitrogens is 1. The minimum absolute atomic E-state index is 0.156. The third kappa shape index (κ3) is 4.42. The van der Waals surface area contributed by atoms with E-state index in [2.05, 4.69) is 21.2 Å². The highest BCUT2D eigenvalue weighted by molar-refractivity contribution is 9.08. The van der Waals surface area contributed by atoms with Crippen LogP contribution in [0.25, 0.3) is 11.8 Å². The number of hydrogen-bond acceptors (Lipinski definition) is 6. The average Bonchev–Trinajstić information content (AvgIpc) is 2.96. The molecule has 0 radical (unpaired) electrons. The highest BCUT2D eigenvalue weighted by atomic mass is 79.9. The number of nitrogens with one attached hydrogen (secondary N) is 1. The summed E-state index contributed by atoms with van der Waals surface area (Å²) < 4.78 is 7.03. The van der Waals surface area contributed by atoms with Crippen LogP contribution < -0.4 is 20.1 Å². The number of anilines is 1. The molecule has 0 saturated heterocycles. The highest BCUT2D eigenvalue weighted by Gasteiger charge is 2.16. The van der Waals surface area contributed by atoms with Gasteiger partial charge in [-0.15, -0.1) is 11.3 Å². The monoisotopic (exact) mass is 435 g/mol. The van der Waals surface area contributed by atoms with Crippen molar-refractivity contribution in [1.82, 2.24) is 4.57 Å². The van der Waals surface area contributed by atoms with E-state index in [0.29, 0.717) is 15.7 Å². The summed E-state index contributed by atoms with van der Waals surface area (Å²) >= 11 is 4.49. The molecule has 0 saturated carbocycles. The number of hydrogen-bond donors (Lipinski definition) is 1. The summed E-state index contributed by atoms with van der Waals surface area (Å²) in [7, 11) is 0. The third-order valence-corrected chi connectivity index (χ3v) is 5.26. The molecular weight excluding hydrogens is 418 g/mol. The van der Waals surface area contributed by atoms with Gasteiger partial charge >= 0.3 is 5.97 Å². The Balaban J connectivity index is 2.55. The van der Waals surface area contributed by atoms with Crippen molar-refractivity contribution in [3.63, 3.8) is 0 Å². The van der Waals surface area contributed by atoms with E-state index in [-0.39, 0.29) is 17.7 Å². The molecule has 136 valence electrons. The lowest BCUT2D eigenvalue weighted by Gasteiger charge is -2.01. The first-order valence-electron chi connectivity index (χ1n) is 7.98. The van der Waals surface area contributed by atoms with Crippen LogP contribution in [0.4, 0.5) is 5.69 Å². The summed E-state index contributed by atoms with van der Waals surface area (Å²) in [4.78, 5) is 24.6. The second-order valence-corrected chi connectivity index (χ2v) is 6.74. The molecule has 0 bridgehead atoms. The number of alkyl halides is 1. The second kappa shape index (κ2) is 9.36. The Labute approximate surface area is 163 Å². The number of carbonyl (C=O) groups excluding carboxylic acids is 1. The van der Waals surface area contributed by atoms with Crippen molar-refractivity contribution in [2.45, 2.75) is 25.7 Å². The summed E-state index contributed by atoms with van der Waals surface area (Å²) in [6.07, 6.45) is 1.59. The number of benzene rings is 1. The molecule has 1 heterocycles. The Morgan fingerprint density at radius 1 is 1.46 bits per heavy atom. The van der Waals surface area contributed by atoms with E-state index in [4.69, 9.17) is 4.74 Å². The SMILES string of the molecule is CCOC(=O)C(C#N)=c1sc(=CNc2cccc(CBr)c2)c(=O)n1CC. The van der Waals surface area contributed by atoms with Crippen LogP contribution in [0.3, 0.4) is 0 Å². The van der Waals surface area contributed by atoms with E-state index in [9.17, 15) is 14.9 Å². The van der Waals surface area contributed by atoms with Gasteiger partial charge in [0.25, 0.3) is 5.56 Å². The zero-order valence-electron chi connectivity index (χ0n) is 14.4. The Kier molecular flexibility index (Phi) is 7.18. The summed E-state index contributed by atoms with van der Waals surface area (Å²) in [6.45, 7) is 3.96. The number of esters is 1. The van der Waals surface area contributed by atoms with E-state index >= 15 is 0 Å². The molecule has 0 fully saturated rings. The van der Waals surface area contributed by atoms with Crippen LogP contribution in [-0.4, -0.2) is 17.1 Å². The quantitative estimate of drug-likeness (QED) is 0.553. The second-order valence-electron chi connectivity index (χ2n) is 5.15. The van der Waals surface area contributed by atoms with Gasteiger partial charge in [0.2, 0.25) is 0 Å². The highest BCUT2D eigenvalue weighted by Crippen LogP contribution is 2.12. The van der Waals surface area contributed by atoms with E-state index in [0.717, 1.165) is 27.9 Å². The number of carbonyl (C=O) groups is 1. The molecule has 1 aromatic carbocycles. The first kappa shape index (κ1) is 19.9. The maximum Gasteiger partial charge on any atom is 0.351 e. The number of ether oxygens (including phenoxy) is 1. The Morgan fingerprint density at radius 3 is 2.85 bits per heavy atom. The van der Waals surface area contributed by atoms with Crippen LogP contribution >= 0.6 is 27.3 Å². The first-order chi connectivity index (χ1) is 12.5. The molecule has 0 amide bonds. The average molecular weight is 436 g/mol. The smallest absolute Gasteiger partial charge is 0.351 e. The van der Waals surface area contributed by atoms with Gasteiger partial charge in [-0.3, -0.25) is 9.36 Å². The normalized spacial score (nSPS) is 12.5. The summed E-state index contributed by atoms with van der Waals surface area (Å²) in [6, 6.07) is 9.61. The number of nitrogens with zero attached hydrogens (tertiary/aromatic N) is 2. The van der Waals surface area contributed by atoms with E-state index in [1.165, 1.54) is 4.57 Å². The lowest BCUT2D eigenvalue weighted by molar-refractivity contribution is -0.136. The zero-order valence-corrected chi connectivity index (χ0v) is 16.8. The third-order valence-electron chi connectivity index (χ3n) is 3.48. The van der Waals surface area contributed by atoms with E-state index in [1.54, 1.807) is 20.0 Å². The van der Waals surface area contributed by atoms with E-state index in [1.807, 2.05) is 30.3 Å². The Morgan fingerprint density at radius 2 is 2.23 bits per heavy atom. The molecule has 8 heteroatoms. The molecule has 0 aliphatic rings. The van der Waals surface area contributed by atoms with Crippen molar-refractivity contribution in [1.29, 1.82) is 5.26 Å². The molecule has 0 unspecified atom stereocenters. The number of nitriles is 1. The van der Waals surface area contributed by atoms with Gasteiger partial charge in [-0.2, -0.15) is 5.26 Å². The molecule has 0 atom stereocenters. The van der Waals surface area contributed by atoms with Crippen molar-refractivity contribution in [2.24, 2.45) is 0 Å².